The van der Waals surface area contributed by atoms with Gasteiger partial charge in [-0.1, -0.05) is 84.9 Å². The minimum absolute atomic E-state index is 0.202. The van der Waals surface area contributed by atoms with Gasteiger partial charge in [-0.3, -0.25) is 14.4 Å². The number of benzene rings is 3. The first-order chi connectivity index (χ1) is 23.1. The molecule has 250 valence electrons. The zero-order chi connectivity index (χ0) is 34.2. The largest absolute Gasteiger partial charge is 0.394 e. The predicted octanol–water partition coefficient (Wildman–Crippen LogP) is 5.54. The molecule has 3 aliphatic heterocycles. The van der Waals surface area contributed by atoms with Gasteiger partial charge in [0.2, 0.25) is 11.8 Å². The van der Waals surface area contributed by atoms with E-state index in [4.69, 9.17) is 4.74 Å². The lowest BCUT2D eigenvalue weighted by molar-refractivity contribution is -0.152. The molecule has 3 heterocycles. The quantitative estimate of drug-likeness (QED) is 0.261. The number of aryl methyl sites for hydroxylation is 2. The van der Waals surface area contributed by atoms with E-state index in [-0.39, 0.29) is 24.3 Å². The van der Waals surface area contributed by atoms with E-state index in [2.05, 4.69) is 13.2 Å². The molecule has 3 aliphatic rings. The normalized spacial score (nSPS) is 26.2. The summed E-state index contributed by atoms with van der Waals surface area (Å²) < 4.78 is 6.98. The predicted molar refractivity (Wildman–Crippen MR) is 186 cm³/mol. The Labute approximate surface area is 283 Å². The smallest absolute Gasteiger partial charge is 0.253 e. The van der Waals surface area contributed by atoms with Crippen LogP contribution in [0.25, 0.3) is 0 Å². The van der Waals surface area contributed by atoms with Crippen LogP contribution in [0.3, 0.4) is 0 Å². The first-order valence-electron chi connectivity index (χ1n) is 16.7. The van der Waals surface area contributed by atoms with Crippen LogP contribution < -0.4 is 4.90 Å². The van der Waals surface area contributed by atoms with Gasteiger partial charge < -0.3 is 24.5 Å². The van der Waals surface area contributed by atoms with Crippen molar-refractivity contribution in [1.29, 1.82) is 0 Å². The van der Waals surface area contributed by atoms with Gasteiger partial charge in [-0.15, -0.1) is 13.2 Å². The molecule has 1 spiro atoms. The van der Waals surface area contributed by atoms with Crippen LogP contribution in [-0.4, -0.2) is 69.6 Å². The van der Waals surface area contributed by atoms with Crippen LogP contribution >= 0.6 is 0 Å². The Kier molecular flexibility index (Phi) is 9.16. The monoisotopic (exact) mass is 647 g/mol. The summed E-state index contributed by atoms with van der Waals surface area (Å²) in [7, 11) is 0. The number of nitrogens with zero attached hydrogens (tertiary/aromatic N) is 3. The molecule has 3 fully saturated rings. The molecule has 3 saturated heterocycles. The van der Waals surface area contributed by atoms with Crippen LogP contribution in [0.5, 0.6) is 0 Å². The van der Waals surface area contributed by atoms with Crippen molar-refractivity contribution >= 4 is 23.4 Å². The van der Waals surface area contributed by atoms with E-state index in [1.165, 1.54) is 4.90 Å². The maximum atomic E-state index is 15.2. The van der Waals surface area contributed by atoms with Crippen molar-refractivity contribution in [3.63, 3.8) is 0 Å². The lowest BCUT2D eigenvalue weighted by atomic mass is 9.66. The van der Waals surface area contributed by atoms with E-state index in [0.717, 1.165) is 22.4 Å². The second-order valence-electron chi connectivity index (χ2n) is 13.6. The van der Waals surface area contributed by atoms with Crippen molar-refractivity contribution in [1.82, 2.24) is 9.80 Å². The molecule has 2 bridgehead atoms. The molecule has 0 radical (unpaired) electrons. The summed E-state index contributed by atoms with van der Waals surface area (Å²) in [6.07, 6.45) is 4.31. The van der Waals surface area contributed by atoms with Crippen LogP contribution in [0.2, 0.25) is 0 Å². The number of fused-ring (bicyclic) bond motifs is 1. The first kappa shape index (κ1) is 33.4. The van der Waals surface area contributed by atoms with E-state index in [1.54, 1.807) is 22.0 Å². The fraction of sp³-hybridized carbons (Fsp3) is 0.375. The SMILES string of the molecule is C=CCN(Cc1ccccc1)C(=O)[C@@H]1[C@H]2C(=O)N([C@H](CO)c3ccccc3)C(C(=O)N(CC=C)c3cc(C)ccc3C)C23CC[C@@]1(C)O3. The summed E-state index contributed by atoms with van der Waals surface area (Å²) in [5.74, 6) is -2.62. The highest BCUT2D eigenvalue weighted by molar-refractivity contribution is 6.05. The van der Waals surface area contributed by atoms with Crippen molar-refractivity contribution < 1.29 is 24.2 Å². The number of carbonyl (C=O) groups is 3. The second kappa shape index (κ2) is 13.2. The molecular formula is C40H45N3O5. The molecule has 8 nitrogen and oxygen atoms in total. The van der Waals surface area contributed by atoms with Gasteiger partial charge in [0.25, 0.3) is 5.91 Å². The number of carbonyl (C=O) groups excluding carboxylic acids is 3. The minimum Gasteiger partial charge on any atom is -0.394 e. The third-order valence-corrected chi connectivity index (χ3v) is 10.5. The number of hydrogen-bond donors (Lipinski definition) is 1. The van der Waals surface area contributed by atoms with Crippen LogP contribution in [0.1, 0.15) is 48.1 Å². The van der Waals surface area contributed by atoms with Crippen LogP contribution in [0.15, 0.2) is 104 Å². The Morgan fingerprint density at radius 2 is 1.65 bits per heavy atom. The van der Waals surface area contributed by atoms with Gasteiger partial charge in [0.15, 0.2) is 0 Å². The maximum Gasteiger partial charge on any atom is 0.253 e. The average molecular weight is 648 g/mol. The summed E-state index contributed by atoms with van der Waals surface area (Å²) >= 11 is 0. The van der Waals surface area contributed by atoms with Gasteiger partial charge in [-0.05, 0) is 61.9 Å². The number of likely N-dealkylation sites (tertiary alicyclic amines) is 1. The number of ether oxygens (including phenoxy) is 1. The molecule has 0 aromatic heterocycles. The zero-order valence-electron chi connectivity index (χ0n) is 28.0. The third-order valence-electron chi connectivity index (χ3n) is 10.5. The summed E-state index contributed by atoms with van der Waals surface area (Å²) in [6, 6.07) is 23.0. The molecule has 48 heavy (non-hydrogen) atoms. The standard InChI is InChI=1S/C40H45N3O5/c1-6-22-41(25-29-14-10-8-11-15-29)36(45)33-34-37(46)43(32(26-44)30-16-12-9-13-17-30)35(40(34)21-20-39(33,5)48-40)38(47)42(23-7-2)31-24-27(3)18-19-28(31)4/h6-19,24,32-35,44H,1-2,20-23,25-26H2,3-5H3/t32-,33+,34+,35?,39-,40?/m1/s1. The molecule has 6 rings (SSSR count). The van der Waals surface area contributed by atoms with Crippen molar-refractivity contribution in [3.05, 3.63) is 126 Å². The highest BCUT2D eigenvalue weighted by atomic mass is 16.5. The first-order valence-corrected chi connectivity index (χ1v) is 16.7. The second-order valence-corrected chi connectivity index (χ2v) is 13.6. The fourth-order valence-corrected chi connectivity index (χ4v) is 8.37. The van der Waals surface area contributed by atoms with E-state index < -0.39 is 41.7 Å². The topological polar surface area (TPSA) is 90.4 Å². The van der Waals surface area contributed by atoms with Crippen LogP contribution in [-0.2, 0) is 25.7 Å². The van der Waals surface area contributed by atoms with Crippen molar-refractivity contribution in [2.75, 3.05) is 24.6 Å². The van der Waals surface area contributed by atoms with E-state index in [1.807, 2.05) is 99.6 Å². The summed E-state index contributed by atoms with van der Waals surface area (Å²) in [5, 5.41) is 10.9. The maximum absolute atomic E-state index is 15.2. The Morgan fingerprint density at radius 1 is 0.979 bits per heavy atom. The number of aliphatic hydroxyl groups is 1. The van der Waals surface area contributed by atoms with E-state index in [0.29, 0.717) is 31.5 Å². The third kappa shape index (κ3) is 5.47. The number of rotatable bonds is 12. The highest BCUT2D eigenvalue weighted by Gasteiger charge is 2.79. The van der Waals surface area contributed by atoms with Gasteiger partial charge in [-0.2, -0.15) is 0 Å². The number of aliphatic hydroxyl groups excluding tert-OH is 1. The molecule has 0 saturated carbocycles. The number of amides is 3. The van der Waals surface area contributed by atoms with E-state index in [9.17, 15) is 9.90 Å². The molecule has 3 aromatic carbocycles. The Balaban J connectivity index is 1.49. The molecule has 2 unspecified atom stereocenters. The van der Waals surface area contributed by atoms with Crippen molar-refractivity contribution in [2.45, 2.75) is 63.4 Å². The molecule has 0 aliphatic carbocycles. The lowest BCUT2D eigenvalue weighted by Gasteiger charge is -2.40. The van der Waals surface area contributed by atoms with Crippen LogP contribution in [0, 0.1) is 25.7 Å². The summed E-state index contributed by atoms with van der Waals surface area (Å²) in [6.45, 7) is 14.1. The Morgan fingerprint density at radius 3 is 2.29 bits per heavy atom. The highest BCUT2D eigenvalue weighted by Crippen LogP contribution is 2.64. The minimum atomic E-state index is -1.27. The molecule has 8 heteroatoms. The van der Waals surface area contributed by atoms with Gasteiger partial charge in [0.05, 0.1) is 30.1 Å². The van der Waals surface area contributed by atoms with Gasteiger partial charge in [-0.25, -0.2) is 0 Å². The summed E-state index contributed by atoms with van der Waals surface area (Å²) in [5.41, 5.74) is 2.05. The van der Waals surface area contributed by atoms with Gasteiger partial charge >= 0.3 is 0 Å². The molecule has 3 amide bonds. The van der Waals surface area contributed by atoms with Crippen molar-refractivity contribution in [2.24, 2.45) is 11.8 Å². The Hall–Kier alpha value is -4.53. The molecule has 6 atom stereocenters. The fourth-order valence-electron chi connectivity index (χ4n) is 8.37. The lowest BCUT2D eigenvalue weighted by Crippen LogP contribution is -2.57. The Bertz CT molecular complexity index is 1710. The number of hydrogen-bond acceptors (Lipinski definition) is 5. The average Bonchev–Trinajstić information content (AvgIpc) is 3.66. The number of anilines is 1. The van der Waals surface area contributed by atoms with Crippen molar-refractivity contribution in [3.8, 4) is 0 Å². The summed E-state index contributed by atoms with van der Waals surface area (Å²) in [4.78, 5) is 49.9. The molecule has 1 N–H and O–H groups in total. The van der Waals surface area contributed by atoms with Crippen LogP contribution in [0.4, 0.5) is 5.69 Å². The van der Waals surface area contributed by atoms with Gasteiger partial charge in [0.1, 0.15) is 11.6 Å². The van der Waals surface area contributed by atoms with Gasteiger partial charge in [0, 0.05) is 25.3 Å². The van der Waals surface area contributed by atoms with E-state index >= 15 is 9.59 Å². The zero-order valence-corrected chi connectivity index (χ0v) is 28.0. The molecular weight excluding hydrogens is 602 g/mol. The molecule has 3 aromatic rings.